The quantitative estimate of drug-likeness (QED) is 0.365. The molecule has 2 N–H and O–H groups in total. The lowest BCUT2D eigenvalue weighted by Crippen LogP contribution is -2.50. The van der Waals surface area contributed by atoms with Gasteiger partial charge in [0.1, 0.15) is 6.54 Å². The third-order valence-corrected chi connectivity index (χ3v) is 3.81. The van der Waals surface area contributed by atoms with Crippen LogP contribution in [0.5, 0.6) is 0 Å². The van der Waals surface area contributed by atoms with Gasteiger partial charge in [0, 0.05) is 32.7 Å². The van der Waals surface area contributed by atoms with Gasteiger partial charge >= 0.3 is 0 Å². The number of nitrogens with one attached hydrogen (secondary N) is 2. The van der Waals surface area contributed by atoms with Gasteiger partial charge in [-0.3, -0.25) is 9.59 Å². The van der Waals surface area contributed by atoms with Crippen LogP contribution in [0.4, 0.5) is 0 Å². The van der Waals surface area contributed by atoms with Crippen molar-refractivity contribution in [2.75, 3.05) is 34.2 Å². The zero-order chi connectivity index (χ0) is 18.3. The average Bonchev–Trinajstić information content (AvgIpc) is 2.93. The van der Waals surface area contributed by atoms with Gasteiger partial charge in [-0.1, -0.05) is 12.8 Å². The molecular weight excluding hydrogens is 433 g/mol. The van der Waals surface area contributed by atoms with E-state index in [0.717, 1.165) is 12.8 Å². The smallest absolute Gasteiger partial charge is 0.243 e. The summed E-state index contributed by atoms with van der Waals surface area (Å²) >= 11 is 0. The maximum Gasteiger partial charge on any atom is 0.243 e. The number of amides is 2. The Morgan fingerprint density at radius 2 is 1.68 bits per heavy atom. The van der Waals surface area contributed by atoms with Crippen molar-refractivity contribution in [3.8, 4) is 0 Å². The van der Waals surface area contributed by atoms with Crippen LogP contribution >= 0.6 is 24.0 Å². The molecule has 1 rings (SSSR count). The van der Waals surface area contributed by atoms with Crippen LogP contribution in [0.1, 0.15) is 46.5 Å². The Hall–Kier alpha value is -1.06. The molecule has 146 valence electrons. The lowest BCUT2D eigenvalue weighted by Gasteiger charge is -2.27. The minimum Gasteiger partial charge on any atom is -0.353 e. The summed E-state index contributed by atoms with van der Waals surface area (Å²) < 4.78 is 0. The molecule has 7 nitrogen and oxygen atoms in total. The number of hydrogen-bond donors (Lipinski definition) is 2. The molecule has 0 saturated heterocycles. The highest BCUT2D eigenvalue weighted by Gasteiger charge is 2.21. The maximum atomic E-state index is 12.1. The number of carbonyl (C=O) groups is 2. The van der Waals surface area contributed by atoms with Gasteiger partial charge < -0.3 is 20.4 Å². The van der Waals surface area contributed by atoms with E-state index in [9.17, 15) is 9.59 Å². The van der Waals surface area contributed by atoms with Gasteiger partial charge in [-0.25, -0.2) is 4.99 Å². The van der Waals surface area contributed by atoms with Gasteiger partial charge in [-0.05, 0) is 33.6 Å². The van der Waals surface area contributed by atoms with Crippen LogP contribution in [-0.2, 0) is 9.59 Å². The van der Waals surface area contributed by atoms with E-state index in [0.29, 0.717) is 12.0 Å². The minimum absolute atomic E-state index is 0. The lowest BCUT2D eigenvalue weighted by molar-refractivity contribution is -0.127. The molecule has 1 fully saturated rings. The van der Waals surface area contributed by atoms with Crippen LogP contribution in [0.25, 0.3) is 0 Å². The third-order valence-electron chi connectivity index (χ3n) is 3.81. The number of likely N-dealkylation sites (N-methyl/N-ethyl adjacent to an activating group) is 2. The summed E-state index contributed by atoms with van der Waals surface area (Å²) in [6.45, 7) is 6.13. The first kappa shape index (κ1) is 23.9. The summed E-state index contributed by atoms with van der Waals surface area (Å²) in [6, 6.07) is 0.367. The summed E-state index contributed by atoms with van der Waals surface area (Å²) in [5, 5.41) is 6.35. The normalized spacial score (nSPS) is 15.4. The van der Waals surface area contributed by atoms with E-state index < -0.39 is 0 Å². The van der Waals surface area contributed by atoms with Gasteiger partial charge in [0.2, 0.25) is 11.8 Å². The van der Waals surface area contributed by atoms with E-state index in [4.69, 9.17) is 0 Å². The van der Waals surface area contributed by atoms with E-state index in [-0.39, 0.29) is 54.4 Å². The third kappa shape index (κ3) is 9.86. The Morgan fingerprint density at radius 3 is 2.16 bits per heavy atom. The zero-order valence-electron chi connectivity index (χ0n) is 16.4. The van der Waals surface area contributed by atoms with Crippen LogP contribution in [0.2, 0.25) is 0 Å². The maximum absolute atomic E-state index is 12.1. The Kier molecular flexibility index (Phi) is 10.4. The molecule has 1 saturated carbocycles. The van der Waals surface area contributed by atoms with Crippen LogP contribution in [0.3, 0.4) is 0 Å². The SMILES string of the molecule is CN(C)C(=O)CN=C(NC1CCCC1)N(C)CC(=O)NC(C)(C)C.I. The summed E-state index contributed by atoms with van der Waals surface area (Å²) in [7, 11) is 5.24. The van der Waals surface area contributed by atoms with Crippen molar-refractivity contribution in [3.63, 3.8) is 0 Å². The second-order valence-corrected chi connectivity index (χ2v) is 7.71. The fourth-order valence-corrected chi connectivity index (χ4v) is 2.56. The molecule has 0 aromatic heterocycles. The predicted molar refractivity (Wildman–Crippen MR) is 112 cm³/mol. The van der Waals surface area contributed by atoms with Crippen molar-refractivity contribution in [2.45, 2.75) is 58.0 Å². The summed E-state index contributed by atoms with van der Waals surface area (Å²) in [6.07, 6.45) is 4.61. The molecular formula is C17H34IN5O2. The molecule has 0 aliphatic heterocycles. The molecule has 8 heteroatoms. The van der Waals surface area contributed by atoms with E-state index in [1.54, 1.807) is 19.0 Å². The zero-order valence-corrected chi connectivity index (χ0v) is 18.7. The first-order valence-electron chi connectivity index (χ1n) is 8.62. The molecule has 0 aromatic carbocycles. The molecule has 0 spiro atoms. The number of nitrogens with zero attached hydrogens (tertiary/aromatic N) is 3. The standard InChI is InChI=1S/C17H33N5O2.HI/c1-17(2,3)20-14(23)12-22(6)16(18-11-15(24)21(4)5)19-13-9-7-8-10-13;/h13H,7-12H2,1-6H3,(H,18,19)(H,20,23);1H. The van der Waals surface area contributed by atoms with Gasteiger partial charge in [0.15, 0.2) is 5.96 Å². The Labute approximate surface area is 169 Å². The number of rotatable bonds is 5. The number of aliphatic imine (C=N–C) groups is 1. The van der Waals surface area contributed by atoms with Gasteiger partial charge in [-0.2, -0.15) is 0 Å². The largest absolute Gasteiger partial charge is 0.353 e. The molecule has 1 aliphatic rings. The minimum atomic E-state index is -0.269. The highest BCUT2D eigenvalue weighted by Crippen LogP contribution is 2.17. The molecule has 1 aliphatic carbocycles. The van der Waals surface area contributed by atoms with E-state index in [2.05, 4.69) is 15.6 Å². The fourth-order valence-electron chi connectivity index (χ4n) is 2.56. The molecule has 0 bridgehead atoms. The Morgan fingerprint density at radius 1 is 1.12 bits per heavy atom. The molecule has 0 heterocycles. The highest BCUT2D eigenvalue weighted by molar-refractivity contribution is 14.0. The summed E-state index contributed by atoms with van der Waals surface area (Å²) in [5.74, 6) is 0.485. The number of guanidine groups is 1. The van der Waals surface area contributed by atoms with Crippen LogP contribution in [-0.4, -0.2) is 73.4 Å². The van der Waals surface area contributed by atoms with Crippen molar-refractivity contribution in [1.82, 2.24) is 20.4 Å². The Bertz CT molecular complexity index is 468. The van der Waals surface area contributed by atoms with Gasteiger partial charge in [-0.15, -0.1) is 24.0 Å². The van der Waals surface area contributed by atoms with Gasteiger partial charge in [0.25, 0.3) is 0 Å². The van der Waals surface area contributed by atoms with Gasteiger partial charge in [0.05, 0.1) is 6.54 Å². The van der Waals surface area contributed by atoms with Crippen molar-refractivity contribution in [1.29, 1.82) is 0 Å². The van der Waals surface area contributed by atoms with E-state index in [1.807, 2.05) is 27.8 Å². The number of carbonyl (C=O) groups excluding carboxylic acids is 2. The molecule has 2 amide bonds. The van der Waals surface area contributed by atoms with Crippen molar-refractivity contribution >= 4 is 41.8 Å². The number of hydrogen-bond acceptors (Lipinski definition) is 3. The summed E-state index contributed by atoms with van der Waals surface area (Å²) in [5.41, 5.74) is -0.269. The average molecular weight is 467 g/mol. The molecule has 0 radical (unpaired) electrons. The fraction of sp³-hybridized carbons (Fsp3) is 0.824. The second-order valence-electron chi connectivity index (χ2n) is 7.71. The second kappa shape index (κ2) is 10.8. The first-order valence-corrected chi connectivity index (χ1v) is 8.62. The molecule has 0 unspecified atom stereocenters. The van der Waals surface area contributed by atoms with Crippen LogP contribution in [0, 0.1) is 0 Å². The Balaban J connectivity index is 0.00000576. The van der Waals surface area contributed by atoms with E-state index >= 15 is 0 Å². The first-order chi connectivity index (χ1) is 11.1. The molecule has 0 aromatic rings. The summed E-state index contributed by atoms with van der Waals surface area (Å²) in [4.78, 5) is 31.7. The predicted octanol–water partition coefficient (Wildman–Crippen LogP) is 1.43. The molecule has 0 atom stereocenters. The van der Waals surface area contributed by atoms with Crippen LogP contribution in [0.15, 0.2) is 4.99 Å². The monoisotopic (exact) mass is 467 g/mol. The van der Waals surface area contributed by atoms with Crippen molar-refractivity contribution < 1.29 is 9.59 Å². The topological polar surface area (TPSA) is 77.0 Å². The lowest BCUT2D eigenvalue weighted by atomic mass is 10.1. The van der Waals surface area contributed by atoms with E-state index in [1.165, 1.54) is 17.7 Å². The van der Waals surface area contributed by atoms with Crippen LogP contribution < -0.4 is 10.6 Å². The number of halogens is 1. The highest BCUT2D eigenvalue weighted by atomic mass is 127. The van der Waals surface area contributed by atoms with Crippen molar-refractivity contribution in [2.24, 2.45) is 4.99 Å². The molecule has 25 heavy (non-hydrogen) atoms. The van der Waals surface area contributed by atoms with Crippen molar-refractivity contribution in [3.05, 3.63) is 0 Å².